The van der Waals surface area contributed by atoms with E-state index in [0.717, 1.165) is 6.42 Å². The number of ether oxygens (including phenoxy) is 2. The molecule has 1 unspecified atom stereocenters. The Morgan fingerprint density at radius 1 is 1.00 bits per heavy atom. The zero-order valence-corrected chi connectivity index (χ0v) is 12.7. The molecular formula is C16H14Cl2O3. The van der Waals surface area contributed by atoms with Crippen molar-refractivity contribution in [2.75, 3.05) is 13.2 Å². The molecule has 0 amide bonds. The number of hydrogen-bond donors (Lipinski definition) is 1. The lowest BCUT2D eigenvalue weighted by Crippen LogP contribution is -2.02. The fourth-order valence-corrected chi connectivity index (χ4v) is 2.67. The fraction of sp³-hybridized carbons (Fsp3) is 0.250. The van der Waals surface area contributed by atoms with Crippen LogP contribution in [0, 0.1) is 0 Å². The van der Waals surface area contributed by atoms with E-state index in [1.807, 2.05) is 0 Å². The first-order valence-corrected chi connectivity index (χ1v) is 7.44. The monoisotopic (exact) mass is 324 g/mol. The summed E-state index contributed by atoms with van der Waals surface area (Å²) in [5.74, 6) is 1.34. The highest BCUT2D eigenvalue weighted by molar-refractivity contribution is 6.42. The molecule has 3 rings (SSSR count). The highest BCUT2D eigenvalue weighted by Crippen LogP contribution is 2.37. The maximum absolute atomic E-state index is 10.5. The van der Waals surface area contributed by atoms with E-state index in [1.165, 1.54) is 0 Å². The molecule has 110 valence electrons. The van der Waals surface area contributed by atoms with E-state index in [0.29, 0.717) is 45.9 Å². The van der Waals surface area contributed by atoms with Crippen LogP contribution >= 0.6 is 23.2 Å². The summed E-state index contributed by atoms with van der Waals surface area (Å²) in [6.45, 7) is 1.24. The standard InChI is InChI=1S/C16H14Cl2O3/c17-12-4-1-3-11(15(12)18)16(19)10-5-6-13-14(9-10)21-8-2-7-20-13/h1,3-6,9,16,19H,2,7-8H2. The second-order valence-electron chi connectivity index (χ2n) is 4.80. The smallest absolute Gasteiger partial charge is 0.161 e. The van der Waals surface area contributed by atoms with E-state index in [4.69, 9.17) is 32.7 Å². The molecule has 21 heavy (non-hydrogen) atoms. The minimum Gasteiger partial charge on any atom is -0.490 e. The van der Waals surface area contributed by atoms with Crippen LogP contribution in [0.15, 0.2) is 36.4 Å². The summed E-state index contributed by atoms with van der Waals surface area (Å²) >= 11 is 12.2. The molecule has 0 saturated carbocycles. The topological polar surface area (TPSA) is 38.7 Å². The Balaban J connectivity index is 1.96. The average Bonchev–Trinajstić information content (AvgIpc) is 2.74. The van der Waals surface area contributed by atoms with Gasteiger partial charge in [0.05, 0.1) is 23.3 Å². The van der Waals surface area contributed by atoms with Crippen molar-refractivity contribution in [2.24, 2.45) is 0 Å². The van der Waals surface area contributed by atoms with Crippen LogP contribution in [0.25, 0.3) is 0 Å². The highest BCUT2D eigenvalue weighted by atomic mass is 35.5. The number of halogens is 2. The maximum atomic E-state index is 10.5. The molecule has 0 fully saturated rings. The first kappa shape index (κ1) is 14.5. The Morgan fingerprint density at radius 3 is 2.57 bits per heavy atom. The first-order valence-electron chi connectivity index (χ1n) is 6.68. The number of aliphatic hydroxyl groups is 1. The zero-order valence-electron chi connectivity index (χ0n) is 11.2. The van der Waals surface area contributed by atoms with E-state index in [-0.39, 0.29) is 0 Å². The van der Waals surface area contributed by atoms with Gasteiger partial charge in [-0.2, -0.15) is 0 Å². The van der Waals surface area contributed by atoms with Crippen molar-refractivity contribution >= 4 is 23.2 Å². The van der Waals surface area contributed by atoms with Gasteiger partial charge in [-0.3, -0.25) is 0 Å². The summed E-state index contributed by atoms with van der Waals surface area (Å²) in [6, 6.07) is 10.6. The van der Waals surface area contributed by atoms with Crippen molar-refractivity contribution in [2.45, 2.75) is 12.5 Å². The van der Waals surface area contributed by atoms with Crippen molar-refractivity contribution in [3.05, 3.63) is 57.6 Å². The molecule has 5 heteroatoms. The minimum atomic E-state index is -0.867. The van der Waals surface area contributed by atoms with Crippen LogP contribution in [0.2, 0.25) is 10.0 Å². The van der Waals surface area contributed by atoms with Gasteiger partial charge >= 0.3 is 0 Å². The van der Waals surface area contributed by atoms with Crippen LogP contribution in [0.3, 0.4) is 0 Å². The third-order valence-electron chi connectivity index (χ3n) is 3.36. The summed E-state index contributed by atoms with van der Waals surface area (Å²) in [7, 11) is 0. The number of benzene rings is 2. The second kappa shape index (κ2) is 6.14. The molecule has 1 aliphatic heterocycles. The Bertz CT molecular complexity index is 658. The van der Waals surface area contributed by atoms with Gasteiger partial charge in [0, 0.05) is 12.0 Å². The van der Waals surface area contributed by atoms with Gasteiger partial charge in [0.25, 0.3) is 0 Å². The third kappa shape index (κ3) is 2.95. The quantitative estimate of drug-likeness (QED) is 0.898. The van der Waals surface area contributed by atoms with Crippen molar-refractivity contribution < 1.29 is 14.6 Å². The van der Waals surface area contributed by atoms with E-state index < -0.39 is 6.10 Å². The minimum absolute atomic E-state index is 0.360. The fourth-order valence-electron chi connectivity index (χ4n) is 2.26. The summed E-state index contributed by atoms with van der Waals surface area (Å²) in [5.41, 5.74) is 1.25. The number of fused-ring (bicyclic) bond motifs is 1. The molecule has 1 N–H and O–H groups in total. The molecule has 0 spiro atoms. The lowest BCUT2D eigenvalue weighted by molar-refractivity contribution is 0.219. The van der Waals surface area contributed by atoms with Gasteiger partial charge in [-0.1, -0.05) is 41.4 Å². The van der Waals surface area contributed by atoms with Crippen LogP contribution in [0.5, 0.6) is 11.5 Å². The molecule has 2 aromatic rings. The molecule has 1 heterocycles. The predicted molar refractivity (Wildman–Crippen MR) is 82.6 cm³/mol. The average molecular weight is 325 g/mol. The summed E-state index contributed by atoms with van der Waals surface area (Å²) in [5, 5.41) is 11.3. The Morgan fingerprint density at radius 2 is 1.76 bits per heavy atom. The highest BCUT2D eigenvalue weighted by Gasteiger charge is 2.18. The third-order valence-corrected chi connectivity index (χ3v) is 4.20. The van der Waals surface area contributed by atoms with Crippen LogP contribution in [0.4, 0.5) is 0 Å². The summed E-state index contributed by atoms with van der Waals surface area (Å²) in [6.07, 6.45) is -0.0273. The van der Waals surface area contributed by atoms with Gasteiger partial charge in [-0.25, -0.2) is 0 Å². The summed E-state index contributed by atoms with van der Waals surface area (Å²) in [4.78, 5) is 0. The molecule has 0 aliphatic carbocycles. The first-order chi connectivity index (χ1) is 10.2. The molecule has 1 aliphatic rings. The van der Waals surface area contributed by atoms with E-state index in [1.54, 1.807) is 36.4 Å². The lowest BCUT2D eigenvalue weighted by atomic mass is 10.0. The van der Waals surface area contributed by atoms with Crippen LogP contribution < -0.4 is 9.47 Å². The lowest BCUT2D eigenvalue weighted by Gasteiger charge is -2.16. The Labute approximate surface area is 133 Å². The molecule has 0 aromatic heterocycles. The van der Waals surface area contributed by atoms with E-state index in [2.05, 4.69) is 0 Å². The summed E-state index contributed by atoms with van der Waals surface area (Å²) < 4.78 is 11.2. The molecule has 3 nitrogen and oxygen atoms in total. The van der Waals surface area contributed by atoms with Crippen molar-refractivity contribution in [1.82, 2.24) is 0 Å². The van der Waals surface area contributed by atoms with Gasteiger partial charge in [0.1, 0.15) is 6.10 Å². The predicted octanol–water partition coefficient (Wildman–Crippen LogP) is 4.24. The van der Waals surface area contributed by atoms with Gasteiger partial charge in [-0.05, 0) is 23.8 Å². The number of aliphatic hydroxyl groups excluding tert-OH is 1. The number of hydrogen-bond acceptors (Lipinski definition) is 3. The van der Waals surface area contributed by atoms with Crippen molar-refractivity contribution in [3.8, 4) is 11.5 Å². The van der Waals surface area contributed by atoms with Crippen molar-refractivity contribution in [3.63, 3.8) is 0 Å². The Kier molecular flexibility index (Phi) is 4.24. The number of rotatable bonds is 2. The van der Waals surface area contributed by atoms with Crippen molar-refractivity contribution in [1.29, 1.82) is 0 Å². The molecule has 0 bridgehead atoms. The van der Waals surface area contributed by atoms with Crippen LogP contribution in [-0.4, -0.2) is 18.3 Å². The Hall–Kier alpha value is -1.42. The van der Waals surface area contributed by atoms with Gasteiger partial charge in [0.15, 0.2) is 11.5 Å². The molecule has 0 saturated heterocycles. The molecule has 2 aromatic carbocycles. The van der Waals surface area contributed by atoms with Gasteiger partial charge in [-0.15, -0.1) is 0 Å². The van der Waals surface area contributed by atoms with Crippen LogP contribution in [-0.2, 0) is 0 Å². The van der Waals surface area contributed by atoms with Gasteiger partial charge in [0.2, 0.25) is 0 Å². The van der Waals surface area contributed by atoms with E-state index in [9.17, 15) is 5.11 Å². The maximum Gasteiger partial charge on any atom is 0.161 e. The molecule has 1 atom stereocenters. The molecule has 0 radical (unpaired) electrons. The van der Waals surface area contributed by atoms with E-state index >= 15 is 0 Å². The SMILES string of the molecule is OC(c1ccc2c(c1)OCCCO2)c1cccc(Cl)c1Cl. The molecular weight excluding hydrogens is 311 g/mol. The largest absolute Gasteiger partial charge is 0.490 e. The van der Waals surface area contributed by atoms with Crippen LogP contribution in [0.1, 0.15) is 23.7 Å². The second-order valence-corrected chi connectivity index (χ2v) is 5.59. The van der Waals surface area contributed by atoms with Gasteiger partial charge < -0.3 is 14.6 Å². The normalized spacial score (nSPS) is 15.4. The zero-order chi connectivity index (χ0) is 14.8.